The third-order valence-corrected chi connectivity index (χ3v) is 10.3. The molecule has 2 spiro atoms. The summed E-state index contributed by atoms with van der Waals surface area (Å²) in [5.74, 6) is 0.640. The molecule has 3 aromatic carbocycles. The summed E-state index contributed by atoms with van der Waals surface area (Å²) < 4.78 is 0.168. The van der Waals surface area contributed by atoms with Gasteiger partial charge in [-0.05, 0) is 75.8 Å². The summed E-state index contributed by atoms with van der Waals surface area (Å²) in [7, 11) is 0. The maximum Gasteiger partial charge on any atom is 0.0832 e. The van der Waals surface area contributed by atoms with Crippen molar-refractivity contribution in [2.75, 3.05) is 0 Å². The molecule has 1 heteroatoms. The number of rotatable bonds is 0. The number of hydrogen-bond acceptors (Lipinski definition) is 1. The molecule has 0 bridgehead atoms. The Hall–Kier alpha value is -2.51. The van der Waals surface area contributed by atoms with Gasteiger partial charge in [0.2, 0.25) is 0 Å². The number of benzene rings is 3. The van der Waals surface area contributed by atoms with Gasteiger partial charge in [0.05, 0.1) is 9.49 Å². The van der Waals surface area contributed by atoms with Crippen molar-refractivity contribution in [3.63, 3.8) is 0 Å². The molecule has 1 heterocycles. The lowest BCUT2D eigenvalue weighted by Gasteiger charge is -2.38. The summed E-state index contributed by atoms with van der Waals surface area (Å²) in [6, 6.07) is 23.0. The molecular weight excluding hydrogens is 392 g/mol. The van der Waals surface area contributed by atoms with E-state index in [1.165, 1.54) is 46.7 Å². The van der Waals surface area contributed by atoms with E-state index in [1.807, 2.05) is 0 Å². The molecule has 0 saturated carbocycles. The Morgan fingerprint density at radius 2 is 1.74 bits per heavy atom. The molecule has 7 rings (SSSR count). The summed E-state index contributed by atoms with van der Waals surface area (Å²) in [5.41, 5.74) is 9.25. The first kappa shape index (κ1) is 18.1. The number of allylic oxidation sites excluding steroid dienone is 4. The van der Waals surface area contributed by atoms with E-state index >= 15 is 0 Å². The second-order valence-electron chi connectivity index (χ2n) is 9.57. The Balaban J connectivity index is 1.60. The van der Waals surface area contributed by atoms with Crippen LogP contribution in [0.25, 0.3) is 16.8 Å². The zero-order chi connectivity index (χ0) is 20.6. The van der Waals surface area contributed by atoms with Crippen LogP contribution in [0, 0.1) is 5.92 Å². The molecule has 3 unspecified atom stereocenters. The normalized spacial score (nSPS) is 30.3. The lowest BCUT2D eigenvalue weighted by Crippen LogP contribution is -2.35. The molecule has 0 radical (unpaired) electrons. The van der Waals surface area contributed by atoms with Crippen LogP contribution in [0.15, 0.2) is 90.0 Å². The molecule has 152 valence electrons. The Bertz CT molecular complexity index is 1340. The van der Waals surface area contributed by atoms with Crippen LogP contribution in [0.5, 0.6) is 0 Å². The van der Waals surface area contributed by atoms with E-state index in [9.17, 15) is 0 Å². The Labute approximate surface area is 188 Å². The van der Waals surface area contributed by atoms with Crippen LogP contribution in [0.2, 0.25) is 0 Å². The molecule has 0 N–H and O–H groups in total. The predicted molar refractivity (Wildman–Crippen MR) is 133 cm³/mol. The predicted octanol–water partition coefficient (Wildman–Crippen LogP) is 7.93. The van der Waals surface area contributed by atoms with Crippen LogP contribution in [-0.4, -0.2) is 0 Å². The molecule has 0 aromatic heterocycles. The van der Waals surface area contributed by atoms with Gasteiger partial charge < -0.3 is 0 Å². The van der Waals surface area contributed by atoms with Crippen LogP contribution < -0.4 is 0 Å². The molecule has 0 amide bonds. The molecule has 0 nitrogen and oxygen atoms in total. The summed E-state index contributed by atoms with van der Waals surface area (Å²) >= 11 is 2.26. The third kappa shape index (κ3) is 2.18. The monoisotopic (exact) mass is 418 g/mol. The Morgan fingerprint density at radius 1 is 0.871 bits per heavy atom. The van der Waals surface area contributed by atoms with Gasteiger partial charge in [-0.3, -0.25) is 0 Å². The van der Waals surface area contributed by atoms with Crippen molar-refractivity contribution >= 4 is 28.6 Å². The fraction of sp³-hybridized carbons (Fsp3) is 0.267. The van der Waals surface area contributed by atoms with Crippen molar-refractivity contribution in [3.05, 3.63) is 112 Å². The maximum atomic E-state index is 2.52. The zero-order valence-electron chi connectivity index (χ0n) is 17.9. The molecule has 4 aliphatic rings. The molecule has 1 saturated heterocycles. The van der Waals surface area contributed by atoms with E-state index in [0.717, 1.165) is 6.42 Å². The van der Waals surface area contributed by atoms with Gasteiger partial charge in [0.1, 0.15) is 0 Å². The van der Waals surface area contributed by atoms with Crippen molar-refractivity contribution in [1.82, 2.24) is 0 Å². The minimum Gasteiger partial charge on any atom is -0.130 e. The van der Waals surface area contributed by atoms with Crippen LogP contribution >= 0.6 is 11.8 Å². The standard InChI is InChI=1S/C30H26S/c1-20-14-15-24-19-16-21-8-2-5-11-25(21)28(24)29(20)30(31-29)26-12-6-3-9-22(26)17-18-23-10-4-7-13-27(23)30/h2-6,8-12,16-20H,7,13-15H2,1H3. The average molecular weight is 419 g/mol. The maximum absolute atomic E-state index is 2.52. The SMILES string of the molecule is CC1CCc2ccc3ccccc3c2C12SC21C2=C(C=CCC2)C=Cc2ccccc21. The fourth-order valence-corrected chi connectivity index (χ4v) is 9.01. The van der Waals surface area contributed by atoms with Gasteiger partial charge in [-0.25, -0.2) is 0 Å². The highest BCUT2D eigenvalue weighted by atomic mass is 32.2. The van der Waals surface area contributed by atoms with E-state index in [2.05, 4.69) is 104 Å². The molecule has 3 atom stereocenters. The van der Waals surface area contributed by atoms with Gasteiger partial charge in [-0.15, -0.1) is 11.8 Å². The van der Waals surface area contributed by atoms with Crippen molar-refractivity contribution in [1.29, 1.82) is 0 Å². The second kappa shape index (κ2) is 6.26. The highest BCUT2D eigenvalue weighted by Gasteiger charge is 2.75. The van der Waals surface area contributed by atoms with Crippen LogP contribution in [0.1, 0.15) is 48.4 Å². The van der Waals surface area contributed by atoms with Crippen LogP contribution in [-0.2, 0) is 15.9 Å². The molecule has 3 aromatic rings. The van der Waals surface area contributed by atoms with Crippen LogP contribution in [0.4, 0.5) is 0 Å². The van der Waals surface area contributed by atoms with E-state index in [1.54, 1.807) is 16.7 Å². The first-order chi connectivity index (χ1) is 15.3. The lowest BCUT2D eigenvalue weighted by molar-refractivity contribution is 0.364. The van der Waals surface area contributed by atoms with E-state index in [-0.39, 0.29) is 9.49 Å². The lowest BCUT2D eigenvalue weighted by atomic mass is 9.63. The summed E-state index contributed by atoms with van der Waals surface area (Å²) in [4.78, 5) is 0. The number of hydrogen-bond donors (Lipinski definition) is 0. The average Bonchev–Trinajstić information content (AvgIpc) is 3.53. The number of aryl methyl sites for hydroxylation is 1. The quantitative estimate of drug-likeness (QED) is 0.334. The third-order valence-electron chi connectivity index (χ3n) is 8.14. The number of thioether (sulfide) groups is 1. The smallest absolute Gasteiger partial charge is 0.0832 e. The van der Waals surface area contributed by atoms with Crippen molar-refractivity contribution in [2.24, 2.45) is 5.92 Å². The van der Waals surface area contributed by atoms with E-state index in [0.29, 0.717) is 5.92 Å². The molecule has 31 heavy (non-hydrogen) atoms. The topological polar surface area (TPSA) is 0 Å². The van der Waals surface area contributed by atoms with Gasteiger partial charge in [0.15, 0.2) is 0 Å². The second-order valence-corrected chi connectivity index (χ2v) is 11.0. The summed E-state index contributed by atoms with van der Waals surface area (Å²) in [6.07, 6.45) is 14.3. The van der Waals surface area contributed by atoms with Crippen molar-refractivity contribution < 1.29 is 0 Å². The van der Waals surface area contributed by atoms with Crippen molar-refractivity contribution in [3.8, 4) is 0 Å². The van der Waals surface area contributed by atoms with E-state index < -0.39 is 0 Å². The highest BCUT2D eigenvalue weighted by molar-refractivity contribution is 8.08. The minimum atomic E-state index is 0.0475. The van der Waals surface area contributed by atoms with Crippen LogP contribution in [0.3, 0.4) is 0 Å². The minimum absolute atomic E-state index is 0.0475. The first-order valence-corrected chi connectivity index (χ1v) is 12.5. The molecule has 1 aliphatic heterocycles. The highest BCUT2D eigenvalue weighted by Crippen LogP contribution is 2.84. The van der Waals surface area contributed by atoms with E-state index in [4.69, 9.17) is 0 Å². The summed E-state index contributed by atoms with van der Waals surface area (Å²) in [5, 5.41) is 2.86. The van der Waals surface area contributed by atoms with Gasteiger partial charge in [0, 0.05) is 0 Å². The Kier molecular flexibility index (Phi) is 3.66. The van der Waals surface area contributed by atoms with Gasteiger partial charge in [-0.2, -0.15) is 0 Å². The molecule has 3 aliphatic carbocycles. The largest absolute Gasteiger partial charge is 0.130 e. The molecular formula is C30H26S. The first-order valence-electron chi connectivity index (χ1n) is 11.6. The zero-order valence-corrected chi connectivity index (χ0v) is 18.7. The van der Waals surface area contributed by atoms with Crippen molar-refractivity contribution in [2.45, 2.75) is 42.1 Å². The Morgan fingerprint density at radius 3 is 2.71 bits per heavy atom. The number of fused-ring (bicyclic) bond motifs is 8. The van der Waals surface area contributed by atoms with Gasteiger partial charge in [-0.1, -0.05) is 91.9 Å². The fourth-order valence-electron chi connectivity index (χ4n) is 6.74. The molecule has 1 fully saturated rings. The van der Waals surface area contributed by atoms with Gasteiger partial charge >= 0.3 is 0 Å². The van der Waals surface area contributed by atoms with Gasteiger partial charge in [0.25, 0.3) is 0 Å². The summed E-state index contributed by atoms with van der Waals surface area (Å²) in [6.45, 7) is 2.52.